The van der Waals surface area contributed by atoms with Gasteiger partial charge in [0.2, 0.25) is 5.91 Å². The molecule has 0 aliphatic carbocycles. The summed E-state index contributed by atoms with van der Waals surface area (Å²) in [4.78, 5) is 19.9. The van der Waals surface area contributed by atoms with Gasteiger partial charge in [-0.3, -0.25) is 9.20 Å². The topological polar surface area (TPSA) is 62.2 Å². The molecular weight excluding hydrogens is 332 g/mol. The number of aromatic nitrogens is 3. The standard InChI is InChI=1S/C16H13ClN4OS/c1-9(22)18-7-11-4-10-5-13(17)12(6-14(10)19-11)15-8-21-2-3-23-16(21)20-15/h2-6,8,19H,7H2,1H3,(H,18,22). The van der Waals surface area contributed by atoms with Crippen LogP contribution in [0, 0.1) is 0 Å². The van der Waals surface area contributed by atoms with Crippen molar-refractivity contribution in [2.24, 2.45) is 0 Å². The summed E-state index contributed by atoms with van der Waals surface area (Å²) in [5.74, 6) is -0.0551. The predicted octanol–water partition coefficient (Wildman–Crippen LogP) is 3.83. The van der Waals surface area contributed by atoms with Gasteiger partial charge in [-0.15, -0.1) is 11.3 Å². The third-order valence-corrected chi connectivity index (χ3v) is 4.74. The van der Waals surface area contributed by atoms with Crippen molar-refractivity contribution in [1.82, 2.24) is 19.7 Å². The Bertz CT molecular complexity index is 1000. The molecule has 3 heterocycles. The van der Waals surface area contributed by atoms with Crippen LogP contribution >= 0.6 is 22.9 Å². The average Bonchev–Trinajstić information content (AvgIpc) is 3.16. The van der Waals surface area contributed by atoms with Crippen LogP contribution in [0.3, 0.4) is 0 Å². The summed E-state index contributed by atoms with van der Waals surface area (Å²) >= 11 is 8.03. The second-order valence-electron chi connectivity index (χ2n) is 5.34. The number of halogens is 1. The normalized spacial score (nSPS) is 11.4. The Morgan fingerprint density at radius 3 is 3.09 bits per heavy atom. The van der Waals surface area contributed by atoms with E-state index in [1.165, 1.54) is 6.92 Å². The number of rotatable bonds is 3. The van der Waals surface area contributed by atoms with E-state index in [1.54, 1.807) is 11.3 Å². The van der Waals surface area contributed by atoms with Crippen LogP contribution in [0.4, 0.5) is 0 Å². The minimum Gasteiger partial charge on any atom is -0.357 e. The molecule has 1 amide bonds. The van der Waals surface area contributed by atoms with Gasteiger partial charge in [0, 0.05) is 46.9 Å². The van der Waals surface area contributed by atoms with Crippen LogP contribution in [-0.2, 0) is 11.3 Å². The van der Waals surface area contributed by atoms with Crippen molar-refractivity contribution in [2.75, 3.05) is 0 Å². The molecule has 0 unspecified atom stereocenters. The number of imidazole rings is 1. The molecule has 0 saturated carbocycles. The van der Waals surface area contributed by atoms with E-state index < -0.39 is 0 Å². The van der Waals surface area contributed by atoms with Crippen LogP contribution in [0.15, 0.2) is 36.0 Å². The smallest absolute Gasteiger partial charge is 0.217 e. The van der Waals surface area contributed by atoms with Gasteiger partial charge in [0.05, 0.1) is 17.3 Å². The maximum Gasteiger partial charge on any atom is 0.217 e. The van der Waals surface area contributed by atoms with Gasteiger partial charge in [0.25, 0.3) is 0 Å². The summed E-state index contributed by atoms with van der Waals surface area (Å²) in [6.07, 6.45) is 3.95. The number of hydrogen-bond donors (Lipinski definition) is 2. The Kier molecular flexibility index (Phi) is 3.36. The van der Waals surface area contributed by atoms with Gasteiger partial charge in [-0.25, -0.2) is 4.98 Å². The minimum atomic E-state index is -0.0551. The summed E-state index contributed by atoms with van der Waals surface area (Å²) in [6.45, 7) is 1.97. The minimum absolute atomic E-state index is 0.0551. The highest BCUT2D eigenvalue weighted by molar-refractivity contribution is 7.15. The molecule has 0 aliphatic heterocycles. The van der Waals surface area contributed by atoms with Crippen LogP contribution in [0.25, 0.3) is 27.1 Å². The van der Waals surface area contributed by atoms with Crippen LogP contribution in [-0.4, -0.2) is 20.3 Å². The molecular formula is C16H13ClN4OS. The van der Waals surface area contributed by atoms with E-state index >= 15 is 0 Å². The van der Waals surface area contributed by atoms with Crippen molar-refractivity contribution in [3.63, 3.8) is 0 Å². The number of aromatic amines is 1. The quantitative estimate of drug-likeness (QED) is 0.593. The van der Waals surface area contributed by atoms with Gasteiger partial charge in [-0.2, -0.15) is 0 Å². The monoisotopic (exact) mass is 344 g/mol. The van der Waals surface area contributed by atoms with E-state index in [1.807, 2.05) is 40.4 Å². The molecule has 0 atom stereocenters. The lowest BCUT2D eigenvalue weighted by Crippen LogP contribution is -2.18. The van der Waals surface area contributed by atoms with Crippen LogP contribution < -0.4 is 5.32 Å². The number of fused-ring (bicyclic) bond motifs is 2. The molecule has 0 bridgehead atoms. The molecule has 3 aromatic heterocycles. The molecule has 0 aliphatic rings. The molecule has 0 spiro atoms. The number of thiazole rings is 1. The maximum absolute atomic E-state index is 11.0. The van der Waals surface area contributed by atoms with Crippen LogP contribution in [0.1, 0.15) is 12.6 Å². The van der Waals surface area contributed by atoms with Crippen LogP contribution in [0.2, 0.25) is 5.02 Å². The van der Waals surface area contributed by atoms with Crippen molar-refractivity contribution in [3.8, 4) is 11.3 Å². The summed E-state index contributed by atoms with van der Waals surface area (Å²) in [6, 6.07) is 5.92. The van der Waals surface area contributed by atoms with E-state index in [4.69, 9.17) is 11.6 Å². The molecule has 116 valence electrons. The summed E-state index contributed by atoms with van der Waals surface area (Å²) < 4.78 is 1.98. The second kappa shape index (κ2) is 5.40. The lowest BCUT2D eigenvalue weighted by molar-refractivity contribution is -0.119. The van der Waals surface area contributed by atoms with E-state index in [0.717, 1.165) is 32.8 Å². The first kappa shape index (κ1) is 14.3. The molecule has 2 N–H and O–H groups in total. The van der Waals surface area contributed by atoms with Crippen LogP contribution in [0.5, 0.6) is 0 Å². The zero-order valence-corrected chi connectivity index (χ0v) is 13.8. The van der Waals surface area contributed by atoms with Gasteiger partial charge < -0.3 is 10.3 Å². The third-order valence-electron chi connectivity index (χ3n) is 3.66. The molecule has 5 nitrogen and oxygen atoms in total. The van der Waals surface area contributed by atoms with Gasteiger partial charge in [0.1, 0.15) is 0 Å². The highest BCUT2D eigenvalue weighted by Crippen LogP contribution is 2.32. The van der Waals surface area contributed by atoms with Gasteiger partial charge >= 0.3 is 0 Å². The van der Waals surface area contributed by atoms with Gasteiger partial charge in [-0.1, -0.05) is 11.6 Å². The van der Waals surface area contributed by atoms with Crippen molar-refractivity contribution in [1.29, 1.82) is 0 Å². The molecule has 0 fully saturated rings. The Morgan fingerprint density at radius 2 is 2.30 bits per heavy atom. The van der Waals surface area contributed by atoms with Crippen molar-refractivity contribution >= 4 is 44.7 Å². The zero-order chi connectivity index (χ0) is 16.0. The first-order valence-corrected chi connectivity index (χ1v) is 8.34. The van der Waals surface area contributed by atoms with Crippen molar-refractivity contribution in [2.45, 2.75) is 13.5 Å². The van der Waals surface area contributed by atoms with Gasteiger partial charge in [-0.05, 0) is 18.2 Å². The third kappa shape index (κ3) is 2.60. The average molecular weight is 345 g/mol. The Morgan fingerprint density at radius 1 is 1.43 bits per heavy atom. The number of carbonyl (C=O) groups excluding carboxylic acids is 1. The van der Waals surface area contributed by atoms with Gasteiger partial charge in [0.15, 0.2) is 4.96 Å². The second-order valence-corrected chi connectivity index (χ2v) is 6.62. The molecule has 0 radical (unpaired) electrons. The van der Waals surface area contributed by atoms with Crippen molar-refractivity contribution < 1.29 is 4.79 Å². The van der Waals surface area contributed by atoms with E-state index in [9.17, 15) is 4.79 Å². The lowest BCUT2D eigenvalue weighted by atomic mass is 10.1. The fourth-order valence-electron chi connectivity index (χ4n) is 2.58. The number of benzene rings is 1. The number of amides is 1. The number of hydrogen-bond acceptors (Lipinski definition) is 3. The Hall–Kier alpha value is -2.31. The molecule has 23 heavy (non-hydrogen) atoms. The predicted molar refractivity (Wildman–Crippen MR) is 92.9 cm³/mol. The highest BCUT2D eigenvalue weighted by atomic mass is 35.5. The Labute approximate surface area is 140 Å². The highest BCUT2D eigenvalue weighted by Gasteiger charge is 2.12. The summed E-state index contributed by atoms with van der Waals surface area (Å²) in [7, 11) is 0. The summed E-state index contributed by atoms with van der Waals surface area (Å²) in [5, 5.41) is 6.45. The number of carbonyl (C=O) groups is 1. The fourth-order valence-corrected chi connectivity index (χ4v) is 3.55. The molecule has 0 saturated heterocycles. The number of nitrogens with one attached hydrogen (secondary N) is 2. The van der Waals surface area contributed by atoms with E-state index in [2.05, 4.69) is 15.3 Å². The largest absolute Gasteiger partial charge is 0.357 e. The fraction of sp³-hybridized carbons (Fsp3) is 0.125. The first-order valence-electron chi connectivity index (χ1n) is 7.08. The zero-order valence-electron chi connectivity index (χ0n) is 12.3. The Balaban J connectivity index is 1.76. The molecule has 4 aromatic rings. The molecule has 4 rings (SSSR count). The number of nitrogens with zero attached hydrogens (tertiary/aromatic N) is 2. The number of H-pyrrole nitrogens is 1. The molecule has 1 aromatic carbocycles. The van der Waals surface area contributed by atoms with E-state index in [-0.39, 0.29) is 5.91 Å². The first-order chi connectivity index (χ1) is 11.1. The maximum atomic E-state index is 11.0. The van der Waals surface area contributed by atoms with E-state index in [0.29, 0.717) is 11.6 Å². The lowest BCUT2D eigenvalue weighted by Gasteiger charge is -2.01. The van der Waals surface area contributed by atoms with Crippen molar-refractivity contribution in [3.05, 3.63) is 46.7 Å². The SMILES string of the molecule is CC(=O)NCc1cc2cc(Cl)c(-c3cn4ccsc4n3)cc2[nH]1. The molecule has 7 heteroatoms. The summed E-state index contributed by atoms with van der Waals surface area (Å²) in [5.41, 5.74) is 3.65.